The second kappa shape index (κ2) is 6.90. The number of nitro benzene ring substituents is 1. The van der Waals surface area contributed by atoms with Crippen LogP contribution in [-0.4, -0.2) is 31.3 Å². The van der Waals surface area contributed by atoms with E-state index in [0.29, 0.717) is 11.2 Å². The Morgan fingerprint density at radius 1 is 1.52 bits per heavy atom. The third kappa shape index (κ3) is 3.77. The van der Waals surface area contributed by atoms with Gasteiger partial charge in [-0.05, 0) is 25.8 Å². The van der Waals surface area contributed by atoms with E-state index in [1.807, 2.05) is 17.6 Å². The Bertz CT molecular complexity index is 884. The normalized spacial score (nSPS) is 13.3. The highest BCUT2D eigenvalue weighted by Gasteiger charge is 2.28. The minimum atomic E-state index is -0.588. The van der Waals surface area contributed by atoms with Gasteiger partial charge in [-0.3, -0.25) is 14.9 Å². The van der Waals surface area contributed by atoms with Crippen LogP contribution in [-0.2, 0) is 4.79 Å². The molecule has 0 aliphatic heterocycles. The average molecular weight is 358 g/mol. The topological polar surface area (TPSA) is 127 Å². The Balaban J connectivity index is 1.65. The maximum absolute atomic E-state index is 12.1. The first-order chi connectivity index (χ1) is 12.0. The number of hydrogen-bond acceptors (Lipinski definition) is 7. The van der Waals surface area contributed by atoms with Gasteiger partial charge in [0.15, 0.2) is 5.16 Å². The summed E-state index contributed by atoms with van der Waals surface area (Å²) in [5.41, 5.74) is 0.0972. The minimum absolute atomic E-state index is 0.0459. The van der Waals surface area contributed by atoms with Crippen molar-refractivity contribution in [2.75, 3.05) is 11.1 Å². The Morgan fingerprint density at radius 3 is 2.92 bits per heavy atom. The summed E-state index contributed by atoms with van der Waals surface area (Å²) in [6, 6.07) is 6.01. The molecule has 1 fully saturated rings. The van der Waals surface area contributed by atoms with Crippen molar-refractivity contribution < 1.29 is 9.72 Å². The average Bonchev–Trinajstić information content (AvgIpc) is 3.36. The van der Waals surface area contributed by atoms with Gasteiger partial charge in [-0.2, -0.15) is 5.26 Å². The lowest BCUT2D eigenvalue weighted by Gasteiger charge is -2.08. The number of nitro groups is 1. The first kappa shape index (κ1) is 16.9. The molecule has 3 rings (SSSR count). The SMILES string of the molecule is Cc1nnc(SCC(=O)Nc2ccc([N+](=O)[O-])cc2C#N)n1C1CC1. The van der Waals surface area contributed by atoms with Crippen LogP contribution in [0.5, 0.6) is 0 Å². The molecule has 1 saturated carbocycles. The van der Waals surface area contributed by atoms with Crippen LogP contribution >= 0.6 is 11.8 Å². The number of anilines is 1. The van der Waals surface area contributed by atoms with Crippen LogP contribution in [0.2, 0.25) is 0 Å². The molecule has 1 heterocycles. The van der Waals surface area contributed by atoms with Gasteiger partial charge >= 0.3 is 0 Å². The standard InChI is InChI=1S/C15H14N6O3S/c1-9-18-19-15(20(9)11-2-3-11)25-8-14(22)17-13-5-4-12(21(23)24)6-10(13)7-16/h4-6,11H,2-3,8H2,1H3,(H,17,22). The van der Waals surface area contributed by atoms with Gasteiger partial charge in [0.05, 0.1) is 21.9 Å². The van der Waals surface area contributed by atoms with Crippen molar-refractivity contribution in [1.82, 2.24) is 14.8 Å². The molecule has 9 nitrogen and oxygen atoms in total. The number of aromatic nitrogens is 3. The van der Waals surface area contributed by atoms with E-state index in [1.165, 1.54) is 23.9 Å². The molecule has 128 valence electrons. The third-order valence-corrected chi connectivity index (χ3v) is 4.63. The Morgan fingerprint density at radius 2 is 2.28 bits per heavy atom. The van der Waals surface area contributed by atoms with E-state index in [2.05, 4.69) is 15.5 Å². The van der Waals surface area contributed by atoms with Crippen molar-refractivity contribution in [3.63, 3.8) is 0 Å². The molecule has 1 aromatic heterocycles. The molecular formula is C15H14N6O3S. The van der Waals surface area contributed by atoms with Gasteiger partial charge in [0.25, 0.3) is 5.69 Å². The summed E-state index contributed by atoms with van der Waals surface area (Å²) in [7, 11) is 0. The Hall–Kier alpha value is -2.93. The fraction of sp³-hybridized carbons (Fsp3) is 0.333. The lowest BCUT2D eigenvalue weighted by Crippen LogP contribution is -2.15. The molecule has 0 saturated heterocycles. The molecule has 1 N–H and O–H groups in total. The number of rotatable bonds is 6. The molecule has 0 spiro atoms. The van der Waals surface area contributed by atoms with Crippen molar-refractivity contribution in [3.05, 3.63) is 39.7 Å². The maximum Gasteiger partial charge on any atom is 0.270 e. The number of aryl methyl sites for hydroxylation is 1. The monoisotopic (exact) mass is 358 g/mol. The number of carbonyl (C=O) groups excluding carboxylic acids is 1. The molecule has 0 atom stereocenters. The predicted octanol–water partition coefficient (Wildman–Crippen LogP) is 2.43. The summed E-state index contributed by atoms with van der Waals surface area (Å²) in [5, 5.41) is 31.3. The van der Waals surface area contributed by atoms with Crippen LogP contribution in [0.15, 0.2) is 23.4 Å². The van der Waals surface area contributed by atoms with Gasteiger partial charge in [-0.25, -0.2) is 0 Å². The zero-order valence-electron chi connectivity index (χ0n) is 13.3. The highest BCUT2D eigenvalue weighted by atomic mass is 32.2. The number of nitrogens with one attached hydrogen (secondary N) is 1. The van der Waals surface area contributed by atoms with E-state index in [1.54, 1.807) is 0 Å². The van der Waals surface area contributed by atoms with Gasteiger partial charge in [-0.1, -0.05) is 11.8 Å². The van der Waals surface area contributed by atoms with Gasteiger partial charge in [0, 0.05) is 18.2 Å². The number of nitriles is 1. The highest BCUT2D eigenvalue weighted by Crippen LogP contribution is 2.38. The summed E-state index contributed by atoms with van der Waals surface area (Å²) >= 11 is 1.27. The predicted molar refractivity (Wildman–Crippen MR) is 90.2 cm³/mol. The molecule has 0 radical (unpaired) electrons. The summed E-state index contributed by atoms with van der Waals surface area (Å²) in [6.07, 6.45) is 2.18. The minimum Gasteiger partial charge on any atom is -0.324 e. The van der Waals surface area contributed by atoms with E-state index >= 15 is 0 Å². The number of amides is 1. The zero-order valence-corrected chi connectivity index (χ0v) is 14.1. The molecule has 0 unspecified atom stereocenters. The van der Waals surface area contributed by atoms with Gasteiger partial charge in [0.1, 0.15) is 11.9 Å². The van der Waals surface area contributed by atoms with Crippen LogP contribution in [0.3, 0.4) is 0 Å². The van der Waals surface area contributed by atoms with Crippen molar-refractivity contribution >= 4 is 29.0 Å². The fourth-order valence-corrected chi connectivity index (χ4v) is 3.22. The van der Waals surface area contributed by atoms with Crippen molar-refractivity contribution in [2.45, 2.75) is 31.0 Å². The van der Waals surface area contributed by atoms with E-state index in [4.69, 9.17) is 5.26 Å². The molecular weight excluding hydrogens is 344 g/mol. The van der Waals surface area contributed by atoms with E-state index < -0.39 is 4.92 Å². The van der Waals surface area contributed by atoms with Gasteiger partial charge in [-0.15, -0.1) is 10.2 Å². The lowest BCUT2D eigenvalue weighted by atomic mass is 10.1. The second-order valence-electron chi connectivity index (χ2n) is 5.57. The summed E-state index contributed by atoms with van der Waals surface area (Å²) in [5.74, 6) is 0.609. The van der Waals surface area contributed by atoms with E-state index in [-0.39, 0.29) is 28.6 Å². The van der Waals surface area contributed by atoms with E-state index in [9.17, 15) is 14.9 Å². The molecule has 1 aliphatic rings. The molecule has 25 heavy (non-hydrogen) atoms. The quantitative estimate of drug-likeness (QED) is 0.477. The molecule has 0 bridgehead atoms. The number of benzene rings is 1. The zero-order chi connectivity index (χ0) is 18.0. The summed E-state index contributed by atoms with van der Waals surface area (Å²) in [6.45, 7) is 1.88. The largest absolute Gasteiger partial charge is 0.324 e. The van der Waals surface area contributed by atoms with Crippen LogP contribution in [0.4, 0.5) is 11.4 Å². The molecule has 1 aliphatic carbocycles. The molecule has 2 aromatic rings. The Labute approximate surface area is 147 Å². The van der Waals surface area contributed by atoms with Crippen LogP contribution in [0.1, 0.15) is 30.3 Å². The third-order valence-electron chi connectivity index (χ3n) is 3.69. The van der Waals surface area contributed by atoms with Crippen LogP contribution < -0.4 is 5.32 Å². The number of thioether (sulfide) groups is 1. The number of nitrogens with zero attached hydrogens (tertiary/aromatic N) is 5. The smallest absolute Gasteiger partial charge is 0.270 e. The van der Waals surface area contributed by atoms with Gasteiger partial charge in [0.2, 0.25) is 5.91 Å². The number of carbonyl (C=O) groups is 1. The van der Waals surface area contributed by atoms with E-state index in [0.717, 1.165) is 24.7 Å². The van der Waals surface area contributed by atoms with Crippen molar-refractivity contribution in [3.8, 4) is 6.07 Å². The Kier molecular flexibility index (Phi) is 4.67. The summed E-state index contributed by atoms with van der Waals surface area (Å²) in [4.78, 5) is 22.3. The molecule has 10 heteroatoms. The molecule has 1 aromatic carbocycles. The molecule has 1 amide bonds. The van der Waals surface area contributed by atoms with Gasteiger partial charge < -0.3 is 9.88 Å². The summed E-state index contributed by atoms with van der Waals surface area (Å²) < 4.78 is 2.03. The second-order valence-corrected chi connectivity index (χ2v) is 6.51. The fourth-order valence-electron chi connectivity index (χ4n) is 2.37. The number of non-ortho nitro benzene ring substituents is 1. The number of hydrogen-bond donors (Lipinski definition) is 1. The maximum atomic E-state index is 12.1. The van der Waals surface area contributed by atoms with Crippen molar-refractivity contribution in [2.24, 2.45) is 0 Å². The van der Waals surface area contributed by atoms with Crippen LogP contribution in [0, 0.1) is 28.4 Å². The van der Waals surface area contributed by atoms with Crippen molar-refractivity contribution in [1.29, 1.82) is 5.26 Å². The lowest BCUT2D eigenvalue weighted by molar-refractivity contribution is -0.384. The highest BCUT2D eigenvalue weighted by molar-refractivity contribution is 7.99. The first-order valence-corrected chi connectivity index (χ1v) is 8.51. The first-order valence-electron chi connectivity index (χ1n) is 7.52. The van der Waals surface area contributed by atoms with Crippen LogP contribution in [0.25, 0.3) is 0 Å².